The van der Waals surface area contributed by atoms with Gasteiger partial charge in [-0.15, -0.1) is 0 Å². The second-order valence-corrected chi connectivity index (χ2v) is 5.96. The molecular formula is C13H25NO. The summed E-state index contributed by atoms with van der Waals surface area (Å²) >= 11 is 0. The van der Waals surface area contributed by atoms with Crippen LogP contribution in [0, 0.1) is 5.41 Å². The van der Waals surface area contributed by atoms with Crippen molar-refractivity contribution < 1.29 is 4.74 Å². The van der Waals surface area contributed by atoms with Crippen LogP contribution in [-0.4, -0.2) is 36.7 Å². The lowest BCUT2D eigenvalue weighted by Gasteiger charge is -2.45. The van der Waals surface area contributed by atoms with E-state index in [0.717, 1.165) is 13.2 Å². The van der Waals surface area contributed by atoms with Gasteiger partial charge in [0, 0.05) is 12.1 Å². The zero-order valence-electron chi connectivity index (χ0n) is 10.5. The van der Waals surface area contributed by atoms with Gasteiger partial charge >= 0.3 is 0 Å². The Hall–Kier alpha value is -0.0800. The second kappa shape index (κ2) is 4.06. The number of piperidine rings is 1. The molecule has 0 N–H and O–H groups in total. The van der Waals surface area contributed by atoms with E-state index in [9.17, 15) is 0 Å². The third-order valence-electron chi connectivity index (χ3n) is 4.73. The van der Waals surface area contributed by atoms with Crippen molar-refractivity contribution >= 4 is 0 Å². The van der Waals surface area contributed by atoms with Crippen LogP contribution in [0.4, 0.5) is 0 Å². The molecule has 2 heteroatoms. The van der Waals surface area contributed by atoms with Gasteiger partial charge in [-0.3, -0.25) is 4.90 Å². The third kappa shape index (κ3) is 2.21. The Labute approximate surface area is 94.0 Å². The second-order valence-electron chi connectivity index (χ2n) is 5.96. The summed E-state index contributed by atoms with van der Waals surface area (Å²) in [5.74, 6) is 0. The molecule has 0 radical (unpaired) electrons. The molecule has 88 valence electrons. The van der Waals surface area contributed by atoms with Gasteiger partial charge in [-0.25, -0.2) is 0 Å². The molecule has 0 atom stereocenters. The summed E-state index contributed by atoms with van der Waals surface area (Å²) in [6, 6.07) is 0. The van der Waals surface area contributed by atoms with Gasteiger partial charge in [0.25, 0.3) is 0 Å². The highest BCUT2D eigenvalue weighted by atomic mass is 16.5. The Morgan fingerprint density at radius 3 is 2.33 bits per heavy atom. The van der Waals surface area contributed by atoms with E-state index in [1.165, 1.54) is 38.8 Å². The monoisotopic (exact) mass is 211 g/mol. The fourth-order valence-electron chi connectivity index (χ4n) is 2.85. The fourth-order valence-corrected chi connectivity index (χ4v) is 2.85. The molecule has 2 fully saturated rings. The number of hydrogen-bond donors (Lipinski definition) is 0. The molecular weight excluding hydrogens is 186 g/mol. The zero-order valence-corrected chi connectivity index (χ0v) is 10.5. The van der Waals surface area contributed by atoms with Gasteiger partial charge in [-0.1, -0.05) is 6.92 Å². The first-order valence-electron chi connectivity index (χ1n) is 6.41. The standard InChI is InChI=1S/C13H25NO/c1-4-12(2,3)14-8-5-13(6-9-14)7-10-15-11-13/h4-11H2,1-3H3. The molecule has 0 aromatic carbocycles. The molecule has 1 spiro atoms. The van der Waals surface area contributed by atoms with Gasteiger partial charge in [0.15, 0.2) is 0 Å². The van der Waals surface area contributed by atoms with Crippen LogP contribution >= 0.6 is 0 Å². The van der Waals surface area contributed by atoms with E-state index in [4.69, 9.17) is 4.74 Å². The molecule has 0 saturated carbocycles. The normalized spacial score (nSPS) is 27.4. The maximum Gasteiger partial charge on any atom is 0.0524 e. The van der Waals surface area contributed by atoms with Crippen molar-refractivity contribution in [1.29, 1.82) is 0 Å². The molecule has 2 rings (SSSR count). The van der Waals surface area contributed by atoms with Gasteiger partial charge in [0.2, 0.25) is 0 Å². The largest absolute Gasteiger partial charge is 0.381 e. The van der Waals surface area contributed by atoms with E-state index in [1.807, 2.05) is 0 Å². The Kier molecular flexibility index (Phi) is 3.09. The molecule has 0 amide bonds. The molecule has 15 heavy (non-hydrogen) atoms. The Bertz CT molecular complexity index is 209. The summed E-state index contributed by atoms with van der Waals surface area (Å²) in [4.78, 5) is 2.66. The van der Waals surface area contributed by atoms with E-state index in [-0.39, 0.29) is 0 Å². The summed E-state index contributed by atoms with van der Waals surface area (Å²) in [6.07, 6.45) is 5.23. The Morgan fingerprint density at radius 2 is 1.87 bits per heavy atom. The minimum Gasteiger partial charge on any atom is -0.381 e. The first-order valence-corrected chi connectivity index (χ1v) is 6.41. The van der Waals surface area contributed by atoms with Crippen LogP contribution in [0.3, 0.4) is 0 Å². The molecule has 2 nitrogen and oxygen atoms in total. The summed E-state index contributed by atoms with van der Waals surface area (Å²) in [5.41, 5.74) is 0.946. The van der Waals surface area contributed by atoms with Gasteiger partial charge in [0.05, 0.1) is 6.61 Å². The molecule has 2 aliphatic heterocycles. The van der Waals surface area contributed by atoms with Gasteiger partial charge in [-0.2, -0.15) is 0 Å². The molecule has 2 heterocycles. The van der Waals surface area contributed by atoms with E-state index in [0.29, 0.717) is 11.0 Å². The summed E-state index contributed by atoms with van der Waals surface area (Å²) in [5, 5.41) is 0. The van der Waals surface area contributed by atoms with Crippen LogP contribution in [-0.2, 0) is 4.74 Å². The quantitative estimate of drug-likeness (QED) is 0.696. The molecule has 2 aliphatic rings. The first kappa shape index (κ1) is 11.4. The van der Waals surface area contributed by atoms with Gasteiger partial charge in [0.1, 0.15) is 0 Å². The smallest absolute Gasteiger partial charge is 0.0524 e. The number of ether oxygens (including phenoxy) is 1. The topological polar surface area (TPSA) is 12.5 Å². The minimum atomic E-state index is 0.390. The third-order valence-corrected chi connectivity index (χ3v) is 4.73. The van der Waals surface area contributed by atoms with Crippen LogP contribution in [0.1, 0.15) is 46.5 Å². The number of likely N-dealkylation sites (tertiary alicyclic amines) is 1. The van der Waals surface area contributed by atoms with Crippen molar-refractivity contribution in [3.63, 3.8) is 0 Å². The Balaban J connectivity index is 1.91. The van der Waals surface area contributed by atoms with Crippen molar-refractivity contribution in [2.45, 2.75) is 52.0 Å². The van der Waals surface area contributed by atoms with E-state index in [2.05, 4.69) is 25.7 Å². The maximum atomic E-state index is 5.57. The van der Waals surface area contributed by atoms with Crippen molar-refractivity contribution in [3.05, 3.63) is 0 Å². The van der Waals surface area contributed by atoms with Crippen LogP contribution in [0.2, 0.25) is 0 Å². The van der Waals surface area contributed by atoms with Crippen molar-refractivity contribution in [1.82, 2.24) is 4.90 Å². The predicted molar refractivity (Wildman–Crippen MR) is 63.0 cm³/mol. The number of rotatable bonds is 2. The Morgan fingerprint density at radius 1 is 1.20 bits per heavy atom. The molecule has 0 aromatic rings. The van der Waals surface area contributed by atoms with E-state index in [1.54, 1.807) is 0 Å². The van der Waals surface area contributed by atoms with E-state index < -0.39 is 0 Å². The molecule has 0 bridgehead atoms. The predicted octanol–water partition coefficient (Wildman–Crippen LogP) is 2.68. The SMILES string of the molecule is CCC(C)(C)N1CCC2(CCOC2)CC1. The zero-order chi connectivity index (χ0) is 10.9. The lowest BCUT2D eigenvalue weighted by atomic mass is 9.77. The van der Waals surface area contributed by atoms with Crippen LogP contribution < -0.4 is 0 Å². The fraction of sp³-hybridized carbons (Fsp3) is 1.00. The van der Waals surface area contributed by atoms with Crippen LogP contribution in [0.5, 0.6) is 0 Å². The molecule has 2 saturated heterocycles. The number of nitrogens with zero attached hydrogens (tertiary/aromatic N) is 1. The molecule has 0 unspecified atom stereocenters. The maximum absolute atomic E-state index is 5.57. The lowest BCUT2D eigenvalue weighted by Crippen LogP contribution is -2.50. The molecule has 0 aromatic heterocycles. The summed E-state index contributed by atoms with van der Waals surface area (Å²) < 4.78 is 5.57. The van der Waals surface area contributed by atoms with E-state index >= 15 is 0 Å². The van der Waals surface area contributed by atoms with Crippen molar-refractivity contribution in [2.24, 2.45) is 5.41 Å². The highest BCUT2D eigenvalue weighted by molar-refractivity contribution is 4.92. The van der Waals surface area contributed by atoms with Gasteiger partial charge < -0.3 is 4.74 Å². The average molecular weight is 211 g/mol. The summed E-state index contributed by atoms with van der Waals surface area (Å²) in [7, 11) is 0. The highest BCUT2D eigenvalue weighted by Crippen LogP contribution is 2.40. The summed E-state index contributed by atoms with van der Waals surface area (Å²) in [6.45, 7) is 11.6. The van der Waals surface area contributed by atoms with Crippen LogP contribution in [0.15, 0.2) is 0 Å². The minimum absolute atomic E-state index is 0.390. The first-order chi connectivity index (χ1) is 7.08. The number of hydrogen-bond acceptors (Lipinski definition) is 2. The lowest BCUT2D eigenvalue weighted by molar-refractivity contribution is 0.0254. The highest BCUT2D eigenvalue weighted by Gasteiger charge is 2.40. The molecule has 0 aliphatic carbocycles. The van der Waals surface area contributed by atoms with Gasteiger partial charge in [-0.05, 0) is 58.0 Å². The van der Waals surface area contributed by atoms with Crippen LogP contribution in [0.25, 0.3) is 0 Å². The average Bonchev–Trinajstić information content (AvgIpc) is 2.67. The van der Waals surface area contributed by atoms with Crippen molar-refractivity contribution in [2.75, 3.05) is 26.3 Å². The van der Waals surface area contributed by atoms with Crippen molar-refractivity contribution in [3.8, 4) is 0 Å².